The van der Waals surface area contributed by atoms with E-state index >= 15 is 0 Å². The van der Waals surface area contributed by atoms with Crippen LogP contribution in [0.15, 0.2) is 24.3 Å². The molecule has 2 aromatic rings. The van der Waals surface area contributed by atoms with Crippen LogP contribution < -0.4 is 5.32 Å². The van der Waals surface area contributed by atoms with Gasteiger partial charge in [-0.2, -0.15) is 13.2 Å². The zero-order valence-electron chi connectivity index (χ0n) is 11.8. The molecule has 0 fully saturated rings. The third-order valence-electron chi connectivity index (χ3n) is 3.26. The molecule has 114 valence electrons. The Labute approximate surface area is 124 Å². The van der Waals surface area contributed by atoms with Gasteiger partial charge in [0.25, 0.3) is 0 Å². The number of thiophene rings is 1. The van der Waals surface area contributed by atoms with Gasteiger partial charge in [-0.1, -0.05) is 6.07 Å². The summed E-state index contributed by atoms with van der Waals surface area (Å²) in [6.07, 6.45) is -4.70. The van der Waals surface area contributed by atoms with Crippen LogP contribution in [0.3, 0.4) is 0 Å². The van der Waals surface area contributed by atoms with Gasteiger partial charge in [0.15, 0.2) is 0 Å². The summed E-state index contributed by atoms with van der Waals surface area (Å²) in [7, 11) is 1.68. The van der Waals surface area contributed by atoms with Crippen molar-refractivity contribution in [1.82, 2.24) is 5.32 Å². The maximum atomic E-state index is 13.4. The molecular formula is C15H15F4NS. The highest BCUT2D eigenvalue weighted by Crippen LogP contribution is 2.36. The third-order valence-corrected chi connectivity index (χ3v) is 4.48. The van der Waals surface area contributed by atoms with Crippen LogP contribution in [-0.4, -0.2) is 7.05 Å². The quantitative estimate of drug-likeness (QED) is 0.799. The number of nitrogens with one attached hydrogen (secondary N) is 1. The highest BCUT2D eigenvalue weighted by Gasteiger charge is 2.35. The summed E-state index contributed by atoms with van der Waals surface area (Å²) >= 11 is 1.52. The van der Waals surface area contributed by atoms with Gasteiger partial charge in [-0.15, -0.1) is 11.3 Å². The molecule has 0 saturated carbocycles. The van der Waals surface area contributed by atoms with Gasteiger partial charge in [-0.25, -0.2) is 4.39 Å². The Morgan fingerprint density at radius 3 is 2.29 bits per heavy atom. The summed E-state index contributed by atoms with van der Waals surface area (Å²) in [6, 6.07) is 4.74. The standard InChI is InChI=1S/C15H15F4NS/c1-8-6-9(2)21-14(8)13(20-3)10-4-5-12(16)11(7-10)15(17,18)19/h4-7,13,20H,1-3H3. The van der Waals surface area contributed by atoms with E-state index in [1.54, 1.807) is 7.05 Å². The molecule has 2 rings (SSSR count). The highest BCUT2D eigenvalue weighted by atomic mass is 32.1. The first-order valence-electron chi connectivity index (χ1n) is 6.35. The minimum atomic E-state index is -4.70. The fraction of sp³-hybridized carbons (Fsp3) is 0.333. The number of benzene rings is 1. The van der Waals surface area contributed by atoms with Crippen molar-refractivity contribution in [3.05, 3.63) is 56.5 Å². The van der Waals surface area contributed by atoms with Crippen LogP contribution in [0.2, 0.25) is 0 Å². The minimum absolute atomic E-state index is 0.384. The number of hydrogen-bond donors (Lipinski definition) is 1. The minimum Gasteiger partial charge on any atom is -0.309 e. The Kier molecular flexibility index (Phi) is 4.39. The summed E-state index contributed by atoms with van der Waals surface area (Å²) in [5, 5.41) is 3.01. The molecule has 0 amide bonds. The van der Waals surface area contributed by atoms with Gasteiger partial charge in [-0.3, -0.25) is 0 Å². The Bertz CT molecular complexity index is 646. The van der Waals surface area contributed by atoms with Gasteiger partial charge in [0.05, 0.1) is 11.6 Å². The third kappa shape index (κ3) is 3.27. The van der Waals surface area contributed by atoms with E-state index < -0.39 is 17.6 Å². The number of aryl methyl sites for hydroxylation is 2. The van der Waals surface area contributed by atoms with Gasteiger partial charge in [-0.05, 0) is 50.2 Å². The number of halogens is 4. The molecule has 1 aromatic carbocycles. The molecule has 1 N–H and O–H groups in total. The van der Waals surface area contributed by atoms with Crippen molar-refractivity contribution in [3.8, 4) is 0 Å². The lowest BCUT2D eigenvalue weighted by molar-refractivity contribution is -0.140. The molecular weight excluding hydrogens is 302 g/mol. The van der Waals surface area contributed by atoms with Crippen LogP contribution in [-0.2, 0) is 6.18 Å². The summed E-state index contributed by atoms with van der Waals surface area (Å²) < 4.78 is 51.9. The van der Waals surface area contributed by atoms with Crippen LogP contribution in [0, 0.1) is 19.7 Å². The second-order valence-corrected chi connectivity index (χ2v) is 6.15. The van der Waals surface area contributed by atoms with Crippen LogP contribution >= 0.6 is 11.3 Å². The molecule has 0 spiro atoms. The highest BCUT2D eigenvalue weighted by molar-refractivity contribution is 7.12. The summed E-state index contributed by atoms with van der Waals surface area (Å²) in [5.41, 5.74) is 0.178. The molecule has 0 saturated heterocycles. The molecule has 1 heterocycles. The molecule has 1 atom stereocenters. The fourth-order valence-electron chi connectivity index (χ4n) is 2.33. The average Bonchev–Trinajstić information content (AvgIpc) is 2.70. The zero-order valence-corrected chi connectivity index (χ0v) is 12.6. The number of alkyl halides is 3. The van der Waals surface area contributed by atoms with E-state index in [4.69, 9.17) is 0 Å². The molecule has 1 nitrogen and oxygen atoms in total. The van der Waals surface area contributed by atoms with Crippen molar-refractivity contribution in [2.75, 3.05) is 7.05 Å². The lowest BCUT2D eigenvalue weighted by Gasteiger charge is -2.18. The Morgan fingerprint density at radius 1 is 1.14 bits per heavy atom. The van der Waals surface area contributed by atoms with Crippen LogP contribution in [0.1, 0.15) is 32.5 Å². The van der Waals surface area contributed by atoms with Crippen LogP contribution in [0.4, 0.5) is 17.6 Å². The number of rotatable bonds is 3. The molecule has 0 radical (unpaired) electrons. The fourth-order valence-corrected chi connectivity index (χ4v) is 3.51. The van der Waals surface area contributed by atoms with Gasteiger partial charge in [0.1, 0.15) is 5.82 Å². The first-order chi connectivity index (χ1) is 9.74. The molecule has 1 unspecified atom stereocenters. The lowest BCUT2D eigenvalue weighted by atomic mass is 10.00. The zero-order chi connectivity index (χ0) is 15.8. The number of hydrogen-bond acceptors (Lipinski definition) is 2. The molecule has 0 bridgehead atoms. The lowest BCUT2D eigenvalue weighted by Crippen LogP contribution is -2.19. The molecule has 0 aliphatic carbocycles. The SMILES string of the molecule is CNC(c1ccc(F)c(C(F)(F)F)c1)c1sc(C)cc1C. The second kappa shape index (κ2) is 5.77. The van der Waals surface area contributed by atoms with Gasteiger partial charge >= 0.3 is 6.18 Å². The normalized spacial score (nSPS) is 13.5. The van der Waals surface area contributed by atoms with Crippen LogP contribution in [0.5, 0.6) is 0 Å². The smallest absolute Gasteiger partial charge is 0.309 e. The van der Waals surface area contributed by atoms with Crippen molar-refractivity contribution < 1.29 is 17.6 Å². The Balaban J connectivity index is 2.51. The van der Waals surface area contributed by atoms with E-state index in [0.717, 1.165) is 27.5 Å². The van der Waals surface area contributed by atoms with E-state index in [1.807, 2.05) is 19.9 Å². The van der Waals surface area contributed by atoms with E-state index in [2.05, 4.69) is 5.32 Å². The topological polar surface area (TPSA) is 12.0 Å². The van der Waals surface area contributed by atoms with Gasteiger partial charge < -0.3 is 5.32 Å². The second-order valence-electron chi connectivity index (χ2n) is 4.86. The van der Waals surface area contributed by atoms with Crippen molar-refractivity contribution in [2.45, 2.75) is 26.1 Å². The molecule has 0 aliphatic heterocycles. The summed E-state index contributed by atoms with van der Waals surface area (Å²) in [6.45, 7) is 3.86. The van der Waals surface area contributed by atoms with E-state index in [0.29, 0.717) is 5.56 Å². The van der Waals surface area contributed by atoms with Crippen molar-refractivity contribution >= 4 is 11.3 Å². The predicted octanol–water partition coefficient (Wildman–Crippen LogP) is 4.83. The largest absolute Gasteiger partial charge is 0.419 e. The molecule has 21 heavy (non-hydrogen) atoms. The maximum absolute atomic E-state index is 13.4. The molecule has 6 heteroatoms. The Hall–Kier alpha value is -1.40. The molecule has 1 aromatic heterocycles. The van der Waals surface area contributed by atoms with Gasteiger partial charge in [0, 0.05) is 9.75 Å². The molecule has 0 aliphatic rings. The summed E-state index contributed by atoms with van der Waals surface area (Å²) in [4.78, 5) is 2.02. The first-order valence-corrected chi connectivity index (χ1v) is 7.16. The van der Waals surface area contributed by atoms with Crippen molar-refractivity contribution in [1.29, 1.82) is 0 Å². The maximum Gasteiger partial charge on any atom is 0.419 e. The van der Waals surface area contributed by atoms with E-state index in [-0.39, 0.29) is 6.04 Å². The summed E-state index contributed by atoms with van der Waals surface area (Å²) in [5.74, 6) is -1.25. The van der Waals surface area contributed by atoms with Crippen molar-refractivity contribution in [2.24, 2.45) is 0 Å². The monoisotopic (exact) mass is 317 g/mol. The predicted molar refractivity (Wildman–Crippen MR) is 76.1 cm³/mol. The first kappa shape index (κ1) is 16.0. The van der Waals surface area contributed by atoms with E-state index in [9.17, 15) is 17.6 Å². The average molecular weight is 317 g/mol. The Morgan fingerprint density at radius 2 is 1.81 bits per heavy atom. The van der Waals surface area contributed by atoms with E-state index in [1.165, 1.54) is 17.4 Å². The van der Waals surface area contributed by atoms with Gasteiger partial charge in [0.2, 0.25) is 0 Å². The van der Waals surface area contributed by atoms with Crippen molar-refractivity contribution in [3.63, 3.8) is 0 Å². The van der Waals surface area contributed by atoms with Crippen LogP contribution in [0.25, 0.3) is 0 Å².